The molecule has 21 heavy (non-hydrogen) atoms. The van der Waals surface area contributed by atoms with Crippen molar-refractivity contribution in [1.29, 1.82) is 0 Å². The van der Waals surface area contributed by atoms with Crippen molar-refractivity contribution in [1.82, 2.24) is 0 Å². The molecule has 1 aliphatic heterocycles. The Morgan fingerprint density at radius 1 is 1.33 bits per heavy atom. The third-order valence-corrected chi connectivity index (χ3v) is 3.70. The molecule has 3 heteroatoms. The third-order valence-electron chi connectivity index (χ3n) is 3.70. The van der Waals surface area contributed by atoms with Gasteiger partial charge in [-0.15, -0.1) is 0 Å². The van der Waals surface area contributed by atoms with Gasteiger partial charge in [0.1, 0.15) is 0 Å². The van der Waals surface area contributed by atoms with Crippen molar-refractivity contribution in [2.24, 2.45) is 5.92 Å². The number of rotatable bonds is 8. The molecule has 0 aliphatic carbocycles. The molecule has 1 aliphatic rings. The van der Waals surface area contributed by atoms with Gasteiger partial charge >= 0.3 is 5.97 Å². The summed E-state index contributed by atoms with van der Waals surface area (Å²) < 4.78 is 10.7. The Labute approximate surface area is 129 Å². The molecule has 3 nitrogen and oxygen atoms in total. The Morgan fingerprint density at radius 3 is 2.48 bits per heavy atom. The summed E-state index contributed by atoms with van der Waals surface area (Å²) >= 11 is 0. The van der Waals surface area contributed by atoms with E-state index in [1.165, 1.54) is 6.42 Å². The van der Waals surface area contributed by atoms with E-state index in [4.69, 9.17) is 9.47 Å². The van der Waals surface area contributed by atoms with Gasteiger partial charge in [0.05, 0.1) is 17.8 Å². The molecular formula is C18H30O3. The summed E-state index contributed by atoms with van der Waals surface area (Å²) in [5.41, 5.74) is 1.03. The molecule has 1 fully saturated rings. The number of ether oxygens (including phenoxy) is 2. The lowest BCUT2D eigenvalue weighted by molar-refractivity contribution is -0.141. The molecule has 0 N–H and O–H groups in total. The Hall–Kier alpha value is -1.09. The van der Waals surface area contributed by atoms with Gasteiger partial charge < -0.3 is 9.47 Å². The quantitative estimate of drug-likeness (QED) is 0.288. The molecule has 1 saturated heterocycles. The minimum atomic E-state index is -0.270. The van der Waals surface area contributed by atoms with Crippen LogP contribution in [0.25, 0.3) is 0 Å². The number of hydrogen-bond acceptors (Lipinski definition) is 3. The van der Waals surface area contributed by atoms with Gasteiger partial charge in [0.15, 0.2) is 0 Å². The van der Waals surface area contributed by atoms with Crippen LogP contribution in [0.2, 0.25) is 0 Å². The smallest absolute Gasteiger partial charge is 0.331 e. The molecule has 0 aromatic heterocycles. The Kier molecular flexibility index (Phi) is 6.66. The van der Waals surface area contributed by atoms with Crippen molar-refractivity contribution < 1.29 is 14.3 Å². The van der Waals surface area contributed by atoms with Crippen molar-refractivity contribution in [2.45, 2.75) is 78.6 Å². The predicted molar refractivity (Wildman–Crippen MR) is 86.1 cm³/mol. The summed E-state index contributed by atoms with van der Waals surface area (Å²) in [7, 11) is 0. The minimum absolute atomic E-state index is 0.0700. The molecule has 0 spiro atoms. The van der Waals surface area contributed by atoms with Crippen LogP contribution in [0, 0.1) is 5.92 Å². The van der Waals surface area contributed by atoms with E-state index >= 15 is 0 Å². The molecular weight excluding hydrogens is 264 g/mol. The predicted octanol–water partition coefficient (Wildman–Crippen LogP) is 4.42. The molecule has 0 aromatic rings. The summed E-state index contributed by atoms with van der Waals surface area (Å²) in [5.74, 6) is 0.366. The minimum Gasteiger partial charge on any atom is -0.460 e. The van der Waals surface area contributed by atoms with Crippen LogP contribution in [0.1, 0.15) is 60.8 Å². The largest absolute Gasteiger partial charge is 0.460 e. The van der Waals surface area contributed by atoms with Crippen LogP contribution in [0.3, 0.4) is 0 Å². The highest BCUT2D eigenvalue weighted by Crippen LogP contribution is 2.39. The molecule has 0 saturated carbocycles. The van der Waals surface area contributed by atoms with Crippen molar-refractivity contribution >= 4 is 5.97 Å². The van der Waals surface area contributed by atoms with E-state index in [1.54, 1.807) is 6.08 Å². The molecule has 120 valence electrons. The van der Waals surface area contributed by atoms with Crippen LogP contribution in [0.5, 0.6) is 0 Å². The maximum atomic E-state index is 11.5. The number of epoxide rings is 1. The van der Waals surface area contributed by atoms with Gasteiger partial charge in [-0.05, 0) is 65.4 Å². The second-order valence-corrected chi connectivity index (χ2v) is 6.90. The zero-order valence-corrected chi connectivity index (χ0v) is 14.3. The normalized spacial score (nSPS) is 22.6. The van der Waals surface area contributed by atoms with Crippen molar-refractivity contribution in [3.05, 3.63) is 23.8 Å². The van der Waals surface area contributed by atoms with Crippen molar-refractivity contribution in [3.8, 4) is 0 Å². The third kappa shape index (κ3) is 7.47. The first kappa shape index (κ1) is 18.0. The fourth-order valence-electron chi connectivity index (χ4n) is 2.28. The van der Waals surface area contributed by atoms with Crippen molar-refractivity contribution in [2.75, 3.05) is 0 Å². The van der Waals surface area contributed by atoms with Crippen LogP contribution in [0.4, 0.5) is 0 Å². The van der Waals surface area contributed by atoms with Crippen LogP contribution in [-0.4, -0.2) is 23.8 Å². The second-order valence-electron chi connectivity index (χ2n) is 6.90. The molecule has 0 bridgehead atoms. The van der Waals surface area contributed by atoms with Crippen LogP contribution >= 0.6 is 0 Å². The van der Waals surface area contributed by atoms with E-state index in [2.05, 4.69) is 26.8 Å². The lowest BCUT2D eigenvalue weighted by Crippen LogP contribution is -2.08. The fourth-order valence-corrected chi connectivity index (χ4v) is 2.28. The maximum Gasteiger partial charge on any atom is 0.331 e. The lowest BCUT2D eigenvalue weighted by atomic mass is 9.97. The topological polar surface area (TPSA) is 38.8 Å². The van der Waals surface area contributed by atoms with Crippen LogP contribution in [0.15, 0.2) is 23.8 Å². The first-order valence-electron chi connectivity index (χ1n) is 7.94. The monoisotopic (exact) mass is 294 g/mol. The SMILES string of the molecule is CC(/C=C/CC(C)CCC1OC1(C)C)=C\C(=O)OC(C)C. The standard InChI is InChI=1S/C18H30O3/c1-13(2)20-17(19)12-15(4)9-7-8-14(3)10-11-16-18(5,6)21-16/h7,9,12-14,16H,8,10-11H2,1-6H3/b9-7+,15-12+. The van der Waals surface area contributed by atoms with Gasteiger partial charge in [-0.25, -0.2) is 4.79 Å². The molecule has 1 heterocycles. The van der Waals surface area contributed by atoms with E-state index in [0.717, 1.165) is 18.4 Å². The van der Waals surface area contributed by atoms with E-state index in [0.29, 0.717) is 12.0 Å². The highest BCUT2D eigenvalue weighted by Gasteiger charge is 2.46. The summed E-state index contributed by atoms with van der Waals surface area (Å²) in [6.45, 7) is 12.2. The van der Waals surface area contributed by atoms with Gasteiger partial charge in [-0.3, -0.25) is 0 Å². The van der Waals surface area contributed by atoms with E-state index in [-0.39, 0.29) is 17.7 Å². The number of carbonyl (C=O) groups is 1. The molecule has 2 atom stereocenters. The van der Waals surface area contributed by atoms with Gasteiger partial charge in [0.2, 0.25) is 0 Å². The summed E-state index contributed by atoms with van der Waals surface area (Å²) in [4.78, 5) is 11.5. The number of hydrogen-bond donors (Lipinski definition) is 0. The molecule has 2 unspecified atom stereocenters. The Bertz CT molecular complexity index is 405. The number of esters is 1. The van der Waals surface area contributed by atoms with Gasteiger partial charge in [0.25, 0.3) is 0 Å². The molecule has 1 rings (SSSR count). The summed E-state index contributed by atoms with van der Waals surface area (Å²) in [5, 5.41) is 0. The zero-order chi connectivity index (χ0) is 16.0. The highest BCUT2D eigenvalue weighted by atomic mass is 16.6. The summed E-state index contributed by atoms with van der Waals surface area (Å²) in [6, 6.07) is 0. The highest BCUT2D eigenvalue weighted by molar-refractivity contribution is 5.83. The van der Waals surface area contributed by atoms with Crippen LogP contribution in [-0.2, 0) is 14.3 Å². The lowest BCUT2D eigenvalue weighted by Gasteiger charge is -2.07. The van der Waals surface area contributed by atoms with Gasteiger partial charge in [0, 0.05) is 6.08 Å². The first-order chi connectivity index (χ1) is 9.70. The second kappa shape index (κ2) is 7.79. The summed E-state index contributed by atoms with van der Waals surface area (Å²) in [6.07, 6.45) is 9.39. The van der Waals surface area contributed by atoms with Gasteiger partial charge in [-0.2, -0.15) is 0 Å². The van der Waals surface area contributed by atoms with Gasteiger partial charge in [-0.1, -0.05) is 19.1 Å². The van der Waals surface area contributed by atoms with E-state index in [1.807, 2.05) is 26.8 Å². The van der Waals surface area contributed by atoms with E-state index < -0.39 is 0 Å². The molecule has 0 aromatic carbocycles. The number of allylic oxidation sites excluding steroid dienone is 3. The Balaban J connectivity index is 2.23. The zero-order valence-electron chi connectivity index (χ0n) is 14.3. The molecule has 0 amide bonds. The van der Waals surface area contributed by atoms with E-state index in [9.17, 15) is 4.79 Å². The van der Waals surface area contributed by atoms with Crippen LogP contribution < -0.4 is 0 Å². The Morgan fingerprint density at radius 2 is 1.95 bits per heavy atom. The maximum absolute atomic E-state index is 11.5. The first-order valence-corrected chi connectivity index (χ1v) is 7.94. The average Bonchev–Trinajstić information content (AvgIpc) is 2.93. The van der Waals surface area contributed by atoms with Crippen molar-refractivity contribution in [3.63, 3.8) is 0 Å². The average molecular weight is 294 g/mol. The number of carbonyl (C=O) groups excluding carboxylic acids is 1. The molecule has 0 radical (unpaired) electrons. The fraction of sp³-hybridized carbons (Fsp3) is 0.722.